The number of rotatable bonds is 5. The summed E-state index contributed by atoms with van der Waals surface area (Å²) in [5.41, 5.74) is 1.86. The molecule has 6 nitrogen and oxygen atoms in total. The van der Waals surface area contributed by atoms with Crippen molar-refractivity contribution in [3.8, 4) is 11.1 Å². The summed E-state index contributed by atoms with van der Waals surface area (Å²) in [5, 5.41) is 6.14. The van der Waals surface area contributed by atoms with Crippen molar-refractivity contribution in [2.45, 2.75) is 59.2 Å². The van der Waals surface area contributed by atoms with Crippen LogP contribution >= 0.6 is 0 Å². The molecule has 0 aliphatic heterocycles. The minimum atomic E-state index is -0.664. The molecule has 1 aromatic heterocycles. The fourth-order valence-corrected chi connectivity index (χ4v) is 3.59. The Morgan fingerprint density at radius 3 is 2.27 bits per heavy atom. The number of alkyl carbamates (subject to hydrolysis) is 1. The standard InChI is InChI=1S/C26H30FN3O3/c1-15(2)28-24(31)22-19-14-18(27)12-13-20(19)30-23(21(22)17-10-8-7-9-11-17)16(3)29-25(32)33-26(4,5)6/h7-16H,1-6H3,(H,28,31)(H,29,32). The van der Waals surface area contributed by atoms with Crippen LogP contribution in [0.1, 0.15) is 63.6 Å². The van der Waals surface area contributed by atoms with Gasteiger partial charge in [-0.05, 0) is 65.3 Å². The van der Waals surface area contributed by atoms with Crippen molar-refractivity contribution in [3.05, 3.63) is 65.6 Å². The van der Waals surface area contributed by atoms with Gasteiger partial charge in [-0.25, -0.2) is 14.2 Å². The maximum atomic E-state index is 14.2. The maximum absolute atomic E-state index is 14.2. The minimum Gasteiger partial charge on any atom is -0.444 e. The number of carbonyl (C=O) groups is 2. The van der Waals surface area contributed by atoms with Gasteiger partial charge in [0.15, 0.2) is 0 Å². The number of fused-ring (bicyclic) bond motifs is 1. The van der Waals surface area contributed by atoms with Gasteiger partial charge in [-0.3, -0.25) is 4.79 Å². The molecule has 1 atom stereocenters. The molecule has 0 aliphatic rings. The average molecular weight is 452 g/mol. The molecule has 1 unspecified atom stereocenters. The zero-order chi connectivity index (χ0) is 24.3. The van der Waals surface area contributed by atoms with Crippen LogP contribution in [0.4, 0.5) is 9.18 Å². The normalized spacial score (nSPS) is 12.5. The molecule has 1 heterocycles. The van der Waals surface area contributed by atoms with E-state index in [-0.39, 0.29) is 11.9 Å². The van der Waals surface area contributed by atoms with Gasteiger partial charge in [0, 0.05) is 17.0 Å². The summed E-state index contributed by atoms with van der Waals surface area (Å²) in [6, 6.07) is 12.7. The van der Waals surface area contributed by atoms with Gasteiger partial charge >= 0.3 is 6.09 Å². The topological polar surface area (TPSA) is 80.3 Å². The van der Waals surface area contributed by atoms with Crippen LogP contribution in [0, 0.1) is 5.82 Å². The Morgan fingerprint density at radius 2 is 1.67 bits per heavy atom. The fraction of sp³-hybridized carbons (Fsp3) is 0.346. The van der Waals surface area contributed by atoms with Gasteiger partial charge in [-0.2, -0.15) is 0 Å². The molecule has 0 saturated heterocycles. The van der Waals surface area contributed by atoms with Crippen molar-refractivity contribution >= 4 is 22.9 Å². The molecule has 0 radical (unpaired) electrons. The van der Waals surface area contributed by atoms with Gasteiger partial charge in [-0.15, -0.1) is 0 Å². The van der Waals surface area contributed by atoms with Gasteiger partial charge in [-0.1, -0.05) is 30.3 Å². The number of benzene rings is 2. The van der Waals surface area contributed by atoms with Gasteiger partial charge in [0.05, 0.1) is 22.8 Å². The molecule has 2 amide bonds. The predicted octanol–water partition coefficient (Wildman–Crippen LogP) is 5.76. The molecule has 3 aromatic rings. The molecule has 0 spiro atoms. The third-order valence-electron chi connectivity index (χ3n) is 4.83. The molecule has 3 rings (SSSR count). The molecule has 0 fully saturated rings. The highest BCUT2D eigenvalue weighted by Crippen LogP contribution is 2.35. The van der Waals surface area contributed by atoms with Crippen LogP contribution in [-0.4, -0.2) is 28.6 Å². The molecular formula is C26H30FN3O3. The second-order valence-electron chi connectivity index (χ2n) is 9.27. The number of hydrogen-bond acceptors (Lipinski definition) is 4. The van der Waals surface area contributed by atoms with Crippen LogP contribution in [-0.2, 0) is 4.74 Å². The number of halogens is 1. The quantitative estimate of drug-likeness (QED) is 0.516. The summed E-state index contributed by atoms with van der Waals surface area (Å²) in [6.07, 6.45) is -0.594. The monoisotopic (exact) mass is 451 g/mol. The van der Waals surface area contributed by atoms with E-state index in [1.54, 1.807) is 27.7 Å². The third-order valence-corrected chi connectivity index (χ3v) is 4.83. The van der Waals surface area contributed by atoms with E-state index in [1.807, 2.05) is 44.2 Å². The molecule has 0 bridgehead atoms. The van der Waals surface area contributed by atoms with Crippen LogP contribution in [0.3, 0.4) is 0 Å². The molecule has 0 aliphatic carbocycles. The van der Waals surface area contributed by atoms with Crippen LogP contribution in [0.5, 0.6) is 0 Å². The summed E-state index contributed by atoms with van der Waals surface area (Å²) >= 11 is 0. The summed E-state index contributed by atoms with van der Waals surface area (Å²) in [5.74, 6) is -0.804. The summed E-state index contributed by atoms with van der Waals surface area (Å²) in [7, 11) is 0. The molecule has 33 heavy (non-hydrogen) atoms. The number of carbonyl (C=O) groups excluding carboxylic acids is 2. The summed E-state index contributed by atoms with van der Waals surface area (Å²) in [6.45, 7) is 10.8. The van der Waals surface area contributed by atoms with Crippen molar-refractivity contribution in [1.82, 2.24) is 15.6 Å². The van der Waals surface area contributed by atoms with E-state index in [0.29, 0.717) is 27.7 Å². The predicted molar refractivity (Wildman–Crippen MR) is 128 cm³/mol. The molecule has 2 N–H and O–H groups in total. The maximum Gasteiger partial charge on any atom is 0.408 e. The fourth-order valence-electron chi connectivity index (χ4n) is 3.59. The molecular weight excluding hydrogens is 421 g/mol. The number of aromatic nitrogens is 1. The Labute approximate surface area is 193 Å². The van der Waals surface area contributed by atoms with Crippen molar-refractivity contribution in [2.24, 2.45) is 0 Å². The third kappa shape index (κ3) is 5.86. The molecule has 174 valence electrons. The lowest BCUT2D eigenvalue weighted by Crippen LogP contribution is -2.35. The van der Waals surface area contributed by atoms with Gasteiger partial charge < -0.3 is 15.4 Å². The first kappa shape index (κ1) is 24.2. The van der Waals surface area contributed by atoms with Crippen LogP contribution in [0.25, 0.3) is 22.0 Å². The lowest BCUT2D eigenvalue weighted by atomic mass is 9.91. The second-order valence-corrected chi connectivity index (χ2v) is 9.27. The highest BCUT2D eigenvalue weighted by Gasteiger charge is 2.27. The highest BCUT2D eigenvalue weighted by atomic mass is 19.1. The lowest BCUT2D eigenvalue weighted by Gasteiger charge is -2.24. The first-order valence-electron chi connectivity index (χ1n) is 10.9. The number of nitrogens with zero attached hydrogens (tertiary/aromatic N) is 1. The van der Waals surface area contributed by atoms with E-state index in [9.17, 15) is 14.0 Å². The van der Waals surface area contributed by atoms with Crippen molar-refractivity contribution in [2.75, 3.05) is 0 Å². The van der Waals surface area contributed by atoms with Crippen molar-refractivity contribution < 1.29 is 18.7 Å². The van der Waals surface area contributed by atoms with Crippen LogP contribution < -0.4 is 10.6 Å². The van der Waals surface area contributed by atoms with E-state index in [0.717, 1.165) is 5.56 Å². The van der Waals surface area contributed by atoms with E-state index in [1.165, 1.54) is 18.2 Å². The average Bonchev–Trinajstić information content (AvgIpc) is 2.70. The number of pyridine rings is 1. The first-order valence-corrected chi connectivity index (χ1v) is 10.9. The first-order chi connectivity index (χ1) is 15.5. The summed E-state index contributed by atoms with van der Waals surface area (Å²) in [4.78, 5) is 30.6. The second kappa shape index (κ2) is 9.57. The van der Waals surface area contributed by atoms with Crippen molar-refractivity contribution in [1.29, 1.82) is 0 Å². The Hall–Kier alpha value is -3.48. The zero-order valence-corrected chi connectivity index (χ0v) is 19.8. The number of ether oxygens (including phenoxy) is 1. The largest absolute Gasteiger partial charge is 0.444 e. The number of nitrogens with one attached hydrogen (secondary N) is 2. The SMILES string of the molecule is CC(C)NC(=O)c1c(-c2ccccc2)c(C(C)NC(=O)OC(C)(C)C)nc2ccc(F)cc12. The van der Waals surface area contributed by atoms with Crippen LogP contribution in [0.2, 0.25) is 0 Å². The Kier molecular flexibility index (Phi) is 7.01. The van der Waals surface area contributed by atoms with Crippen molar-refractivity contribution in [3.63, 3.8) is 0 Å². The van der Waals surface area contributed by atoms with E-state index in [4.69, 9.17) is 9.72 Å². The molecule has 7 heteroatoms. The van der Waals surface area contributed by atoms with Gasteiger partial charge in [0.1, 0.15) is 11.4 Å². The molecule has 2 aromatic carbocycles. The Bertz CT molecular complexity index is 1170. The molecule has 0 saturated carbocycles. The van der Waals surface area contributed by atoms with E-state index >= 15 is 0 Å². The van der Waals surface area contributed by atoms with Crippen LogP contribution in [0.15, 0.2) is 48.5 Å². The zero-order valence-electron chi connectivity index (χ0n) is 19.8. The Balaban J connectivity index is 2.27. The van der Waals surface area contributed by atoms with Gasteiger partial charge in [0.25, 0.3) is 5.91 Å². The smallest absolute Gasteiger partial charge is 0.408 e. The lowest BCUT2D eigenvalue weighted by molar-refractivity contribution is 0.0507. The Morgan fingerprint density at radius 1 is 1.00 bits per heavy atom. The number of hydrogen-bond donors (Lipinski definition) is 2. The van der Waals surface area contributed by atoms with E-state index in [2.05, 4.69) is 10.6 Å². The number of amides is 2. The van der Waals surface area contributed by atoms with E-state index < -0.39 is 23.6 Å². The highest BCUT2D eigenvalue weighted by molar-refractivity contribution is 6.12. The minimum absolute atomic E-state index is 0.126. The summed E-state index contributed by atoms with van der Waals surface area (Å²) < 4.78 is 19.6. The van der Waals surface area contributed by atoms with Gasteiger partial charge in [0.2, 0.25) is 0 Å².